The average molecular weight is 318 g/mol. The van der Waals surface area contributed by atoms with Gasteiger partial charge in [0.1, 0.15) is 0 Å². The van der Waals surface area contributed by atoms with Gasteiger partial charge in [-0.3, -0.25) is 0 Å². The Bertz CT molecular complexity index is 914. The van der Waals surface area contributed by atoms with Crippen LogP contribution in [0, 0.1) is 0 Å². The quantitative estimate of drug-likeness (QED) is 0.612. The smallest absolute Gasteiger partial charge is 0.340 e. The van der Waals surface area contributed by atoms with Gasteiger partial charge in [-0.2, -0.15) is 0 Å². The van der Waals surface area contributed by atoms with E-state index in [1.54, 1.807) is 17.8 Å². The van der Waals surface area contributed by atoms with Gasteiger partial charge in [0.05, 0.1) is 5.56 Å². The predicted molar refractivity (Wildman–Crippen MR) is 94.5 cm³/mol. The summed E-state index contributed by atoms with van der Waals surface area (Å²) in [6, 6.07) is 22.1. The van der Waals surface area contributed by atoms with E-state index in [-0.39, 0.29) is 11.4 Å². The van der Waals surface area contributed by atoms with Crippen LogP contribution in [0.4, 0.5) is 0 Å². The lowest BCUT2D eigenvalue weighted by Gasteiger charge is -2.21. The third-order valence-corrected chi connectivity index (χ3v) is 4.89. The first-order valence-electron chi connectivity index (χ1n) is 7.43. The zero-order valence-corrected chi connectivity index (χ0v) is 13.1. The minimum absolute atomic E-state index is 0.257. The van der Waals surface area contributed by atoms with Crippen LogP contribution in [0.3, 0.4) is 0 Å². The molecule has 1 atom stereocenters. The van der Waals surface area contributed by atoms with Gasteiger partial charge >= 0.3 is 5.97 Å². The van der Waals surface area contributed by atoms with Crippen molar-refractivity contribution in [2.24, 2.45) is 0 Å². The molecule has 0 spiro atoms. The Balaban J connectivity index is 1.58. The van der Waals surface area contributed by atoms with Crippen LogP contribution in [0.2, 0.25) is 0 Å². The maximum absolute atomic E-state index is 12.0. The number of cyclic esters (lactones) is 1. The fourth-order valence-corrected chi connectivity index (χ4v) is 3.61. The number of ether oxygens (including phenoxy) is 1. The fraction of sp³-hybridized carbons (Fsp3) is 0.0500. The Morgan fingerprint density at radius 3 is 2.61 bits per heavy atom. The molecule has 0 radical (unpaired) electrons. The van der Waals surface area contributed by atoms with Gasteiger partial charge in [0, 0.05) is 4.90 Å². The maximum atomic E-state index is 12.0. The van der Waals surface area contributed by atoms with Crippen molar-refractivity contribution in [2.45, 2.75) is 10.3 Å². The molecule has 0 N–H and O–H groups in total. The van der Waals surface area contributed by atoms with Gasteiger partial charge in [0.25, 0.3) is 0 Å². The van der Waals surface area contributed by atoms with Crippen molar-refractivity contribution in [3.63, 3.8) is 0 Å². The van der Waals surface area contributed by atoms with Crippen molar-refractivity contribution in [3.05, 3.63) is 83.9 Å². The standard InChI is InChI=1S/C20H14O2S/c21-20-17-7-3-4-8-18(17)23-19(22-20)12-10-14-9-11-15-5-1-2-6-16(15)13-14/h1-13,19H/b12-10+. The number of fused-ring (bicyclic) bond motifs is 2. The highest BCUT2D eigenvalue weighted by atomic mass is 32.2. The predicted octanol–water partition coefficient (Wildman–Crippen LogP) is 5.14. The Labute approximate surface area is 138 Å². The lowest BCUT2D eigenvalue weighted by Crippen LogP contribution is -2.18. The summed E-state index contributed by atoms with van der Waals surface area (Å²) >= 11 is 1.55. The van der Waals surface area contributed by atoms with Gasteiger partial charge in [0.2, 0.25) is 0 Å². The first kappa shape index (κ1) is 14.1. The van der Waals surface area contributed by atoms with Gasteiger partial charge in [-0.05, 0) is 40.6 Å². The number of esters is 1. The Kier molecular flexibility index (Phi) is 3.64. The summed E-state index contributed by atoms with van der Waals surface area (Å²) < 4.78 is 5.46. The summed E-state index contributed by atoms with van der Waals surface area (Å²) in [6.07, 6.45) is 3.94. The average Bonchev–Trinajstić information content (AvgIpc) is 2.60. The molecule has 23 heavy (non-hydrogen) atoms. The van der Waals surface area contributed by atoms with E-state index in [0.717, 1.165) is 10.5 Å². The molecule has 0 saturated heterocycles. The molecule has 3 aromatic carbocycles. The molecule has 4 rings (SSSR count). The van der Waals surface area contributed by atoms with Crippen LogP contribution in [-0.2, 0) is 4.74 Å². The molecule has 0 amide bonds. The lowest BCUT2D eigenvalue weighted by atomic mass is 10.1. The van der Waals surface area contributed by atoms with Crippen LogP contribution in [0.5, 0.6) is 0 Å². The first-order chi connectivity index (χ1) is 11.3. The zero-order valence-electron chi connectivity index (χ0n) is 12.3. The summed E-state index contributed by atoms with van der Waals surface area (Å²) in [5, 5.41) is 2.42. The van der Waals surface area contributed by atoms with E-state index < -0.39 is 0 Å². The zero-order chi connectivity index (χ0) is 15.6. The molecule has 3 aromatic rings. The number of hydrogen-bond donors (Lipinski definition) is 0. The second-order valence-corrected chi connectivity index (χ2v) is 6.49. The van der Waals surface area contributed by atoms with E-state index >= 15 is 0 Å². The molecule has 0 saturated carbocycles. The molecule has 1 aliphatic rings. The van der Waals surface area contributed by atoms with Gasteiger partial charge in [0.15, 0.2) is 5.44 Å². The van der Waals surface area contributed by atoms with Crippen molar-refractivity contribution in [1.29, 1.82) is 0 Å². The Morgan fingerprint density at radius 2 is 1.70 bits per heavy atom. The molecule has 0 aliphatic carbocycles. The minimum Gasteiger partial charge on any atom is -0.443 e. The van der Waals surface area contributed by atoms with E-state index in [1.807, 2.05) is 42.5 Å². The largest absolute Gasteiger partial charge is 0.443 e. The second kappa shape index (κ2) is 5.94. The van der Waals surface area contributed by atoms with E-state index in [4.69, 9.17) is 4.74 Å². The fourth-order valence-electron chi connectivity index (χ4n) is 2.64. The molecule has 0 fully saturated rings. The molecular formula is C20H14O2S. The summed E-state index contributed by atoms with van der Waals surface area (Å²) in [7, 11) is 0. The Hall–Kier alpha value is -2.52. The van der Waals surface area contributed by atoms with Crippen LogP contribution in [-0.4, -0.2) is 11.4 Å². The van der Waals surface area contributed by atoms with Gasteiger partial charge in [-0.25, -0.2) is 4.79 Å². The lowest BCUT2D eigenvalue weighted by molar-refractivity contribution is 0.0497. The van der Waals surface area contributed by atoms with Crippen molar-refractivity contribution < 1.29 is 9.53 Å². The summed E-state index contributed by atoms with van der Waals surface area (Å²) in [6.45, 7) is 0. The van der Waals surface area contributed by atoms with Gasteiger partial charge in [-0.1, -0.05) is 66.4 Å². The van der Waals surface area contributed by atoms with E-state index in [2.05, 4.69) is 30.3 Å². The molecular weight excluding hydrogens is 304 g/mol. The number of rotatable bonds is 2. The number of hydrogen-bond acceptors (Lipinski definition) is 3. The van der Waals surface area contributed by atoms with Crippen LogP contribution in [0.25, 0.3) is 16.8 Å². The summed E-state index contributed by atoms with van der Waals surface area (Å²) in [5.41, 5.74) is 1.45. The molecule has 1 unspecified atom stereocenters. The molecule has 2 nitrogen and oxygen atoms in total. The summed E-state index contributed by atoms with van der Waals surface area (Å²) in [5.74, 6) is -0.257. The molecule has 3 heteroatoms. The van der Waals surface area contributed by atoms with Crippen molar-refractivity contribution in [3.8, 4) is 0 Å². The molecule has 1 heterocycles. The highest BCUT2D eigenvalue weighted by Gasteiger charge is 2.24. The topological polar surface area (TPSA) is 26.3 Å². The number of benzene rings is 3. The number of carbonyl (C=O) groups is 1. The van der Waals surface area contributed by atoms with Crippen LogP contribution in [0.15, 0.2) is 77.7 Å². The SMILES string of the molecule is O=C1OC(/C=C/c2ccc3ccccc3c2)Sc2ccccc21. The van der Waals surface area contributed by atoms with Crippen LogP contribution >= 0.6 is 11.8 Å². The van der Waals surface area contributed by atoms with Crippen molar-refractivity contribution in [2.75, 3.05) is 0 Å². The van der Waals surface area contributed by atoms with Crippen LogP contribution < -0.4 is 0 Å². The van der Waals surface area contributed by atoms with E-state index in [1.165, 1.54) is 10.8 Å². The highest BCUT2D eigenvalue weighted by Crippen LogP contribution is 2.34. The molecule has 1 aliphatic heterocycles. The number of thioether (sulfide) groups is 1. The van der Waals surface area contributed by atoms with Crippen molar-refractivity contribution in [1.82, 2.24) is 0 Å². The third-order valence-electron chi connectivity index (χ3n) is 3.79. The Morgan fingerprint density at radius 1 is 0.913 bits per heavy atom. The normalized spacial score (nSPS) is 17.2. The second-order valence-electron chi connectivity index (χ2n) is 5.35. The summed E-state index contributed by atoms with van der Waals surface area (Å²) in [4.78, 5) is 13.0. The van der Waals surface area contributed by atoms with Gasteiger partial charge < -0.3 is 4.74 Å². The minimum atomic E-state index is -0.288. The highest BCUT2D eigenvalue weighted by molar-refractivity contribution is 8.00. The van der Waals surface area contributed by atoms with Crippen molar-refractivity contribution >= 4 is 34.6 Å². The first-order valence-corrected chi connectivity index (χ1v) is 8.31. The number of carbonyl (C=O) groups excluding carboxylic acids is 1. The molecule has 112 valence electrons. The van der Waals surface area contributed by atoms with E-state index in [9.17, 15) is 4.79 Å². The monoisotopic (exact) mass is 318 g/mol. The van der Waals surface area contributed by atoms with Gasteiger partial charge in [-0.15, -0.1) is 0 Å². The van der Waals surface area contributed by atoms with E-state index in [0.29, 0.717) is 5.56 Å². The molecule has 0 aromatic heterocycles. The molecule has 0 bridgehead atoms. The third kappa shape index (κ3) is 2.88. The maximum Gasteiger partial charge on any atom is 0.340 e. The van der Waals surface area contributed by atoms with Crippen LogP contribution in [0.1, 0.15) is 15.9 Å².